The number of imide groups is 1. The number of benzene rings is 2. The average molecular weight is 376 g/mol. The zero-order chi connectivity index (χ0) is 20.5. The summed E-state index contributed by atoms with van der Waals surface area (Å²) < 4.78 is 0. The van der Waals surface area contributed by atoms with E-state index >= 15 is 0 Å². The number of hydrogen-bond donors (Lipinski definition) is 2. The highest BCUT2D eigenvalue weighted by atomic mass is 16.2. The lowest BCUT2D eigenvalue weighted by molar-refractivity contribution is -0.133. The Balaban J connectivity index is 1.79. The average Bonchev–Trinajstić information content (AvgIpc) is 2.89. The molecular weight excluding hydrogens is 356 g/mol. The largest absolute Gasteiger partial charge is 0.325 e. The van der Waals surface area contributed by atoms with E-state index in [0.717, 1.165) is 16.0 Å². The van der Waals surface area contributed by atoms with Crippen LogP contribution < -0.4 is 10.6 Å². The van der Waals surface area contributed by atoms with Crippen LogP contribution in [0.3, 0.4) is 0 Å². The quantitative estimate of drug-likeness (QED) is 0.801. The lowest BCUT2D eigenvalue weighted by atomic mass is 9.91. The lowest BCUT2D eigenvalue weighted by Crippen LogP contribution is -2.42. The molecule has 0 aromatic heterocycles. The van der Waals surface area contributed by atoms with Crippen LogP contribution in [0.25, 0.3) is 0 Å². The summed E-state index contributed by atoms with van der Waals surface area (Å²) in [4.78, 5) is 38.6. The fourth-order valence-electron chi connectivity index (χ4n) is 3.14. The molecule has 1 aliphatic heterocycles. The minimum atomic E-state index is -1.33. The minimum Gasteiger partial charge on any atom is -0.324 e. The van der Waals surface area contributed by atoms with Crippen LogP contribution >= 0.6 is 0 Å². The standard InChI is InChI=1S/C21H20N4O3/c1-13-7-8-14(2)17(9-13)23-18(26)12-25-19(27)21(3,24-20(25)28)16-6-4-5-15(10-16)11-22/h4-10H,12H2,1-3H3,(H,23,26)(H,24,28). The second-order valence-electron chi connectivity index (χ2n) is 7.01. The summed E-state index contributed by atoms with van der Waals surface area (Å²) in [5.41, 5.74) is 2.05. The number of aryl methyl sites for hydroxylation is 2. The molecule has 2 aromatic rings. The number of urea groups is 1. The molecule has 142 valence electrons. The van der Waals surface area contributed by atoms with Crippen molar-refractivity contribution in [3.63, 3.8) is 0 Å². The molecule has 0 aliphatic carbocycles. The molecule has 1 atom stereocenters. The van der Waals surface area contributed by atoms with Crippen LogP contribution in [0.2, 0.25) is 0 Å². The van der Waals surface area contributed by atoms with Gasteiger partial charge in [-0.15, -0.1) is 0 Å². The molecule has 7 nitrogen and oxygen atoms in total. The van der Waals surface area contributed by atoms with Gasteiger partial charge in [0.25, 0.3) is 5.91 Å². The van der Waals surface area contributed by atoms with Gasteiger partial charge in [-0.25, -0.2) is 4.79 Å². The van der Waals surface area contributed by atoms with Crippen LogP contribution in [-0.4, -0.2) is 29.3 Å². The first-order valence-electron chi connectivity index (χ1n) is 8.76. The fraction of sp³-hybridized carbons (Fsp3) is 0.238. The third-order valence-electron chi connectivity index (χ3n) is 4.81. The van der Waals surface area contributed by atoms with E-state index in [4.69, 9.17) is 5.26 Å². The Morgan fingerprint density at radius 2 is 1.96 bits per heavy atom. The van der Waals surface area contributed by atoms with Crippen LogP contribution in [-0.2, 0) is 15.1 Å². The molecule has 2 N–H and O–H groups in total. The number of carbonyl (C=O) groups is 3. The molecule has 1 heterocycles. The van der Waals surface area contributed by atoms with Crippen molar-refractivity contribution in [2.45, 2.75) is 26.3 Å². The predicted molar refractivity (Wildman–Crippen MR) is 103 cm³/mol. The summed E-state index contributed by atoms with van der Waals surface area (Å²) in [6, 6.07) is 13.5. The Morgan fingerprint density at radius 1 is 1.21 bits per heavy atom. The van der Waals surface area contributed by atoms with Gasteiger partial charge >= 0.3 is 6.03 Å². The number of amides is 4. The van der Waals surface area contributed by atoms with Crippen LogP contribution in [0.4, 0.5) is 10.5 Å². The zero-order valence-corrected chi connectivity index (χ0v) is 15.9. The summed E-state index contributed by atoms with van der Waals surface area (Å²) in [6.07, 6.45) is 0. The molecule has 0 saturated carbocycles. The van der Waals surface area contributed by atoms with E-state index in [-0.39, 0.29) is 0 Å². The van der Waals surface area contributed by atoms with E-state index in [1.165, 1.54) is 0 Å². The number of nitrogens with one attached hydrogen (secondary N) is 2. The highest BCUT2D eigenvalue weighted by Crippen LogP contribution is 2.29. The summed E-state index contributed by atoms with van der Waals surface area (Å²) in [7, 11) is 0. The van der Waals surface area contributed by atoms with Crippen LogP contribution in [0.1, 0.15) is 29.2 Å². The maximum absolute atomic E-state index is 12.9. The Morgan fingerprint density at radius 3 is 2.68 bits per heavy atom. The summed E-state index contributed by atoms with van der Waals surface area (Å²) in [6.45, 7) is 4.94. The van der Waals surface area contributed by atoms with Crippen LogP contribution in [0, 0.1) is 25.2 Å². The van der Waals surface area contributed by atoms with E-state index in [0.29, 0.717) is 16.8 Å². The number of hydrogen-bond acceptors (Lipinski definition) is 4. The van der Waals surface area contributed by atoms with Crippen molar-refractivity contribution in [1.82, 2.24) is 10.2 Å². The first kappa shape index (κ1) is 19.1. The Labute approximate surface area is 163 Å². The van der Waals surface area contributed by atoms with E-state index in [1.807, 2.05) is 38.1 Å². The first-order chi connectivity index (χ1) is 13.2. The highest BCUT2D eigenvalue weighted by Gasteiger charge is 2.49. The predicted octanol–water partition coefficient (Wildman–Crippen LogP) is 2.58. The fourth-order valence-corrected chi connectivity index (χ4v) is 3.14. The van der Waals surface area contributed by atoms with Crippen LogP contribution in [0.15, 0.2) is 42.5 Å². The van der Waals surface area contributed by atoms with Gasteiger partial charge in [0.15, 0.2) is 0 Å². The molecule has 1 saturated heterocycles. The lowest BCUT2D eigenvalue weighted by Gasteiger charge is -2.22. The van der Waals surface area contributed by atoms with Gasteiger partial charge in [0.05, 0.1) is 11.6 Å². The number of carbonyl (C=O) groups excluding carboxylic acids is 3. The number of nitriles is 1. The van der Waals surface area contributed by atoms with Crippen molar-refractivity contribution in [2.75, 3.05) is 11.9 Å². The van der Waals surface area contributed by atoms with Crippen molar-refractivity contribution in [3.05, 3.63) is 64.7 Å². The monoisotopic (exact) mass is 376 g/mol. The smallest absolute Gasteiger partial charge is 0.324 e. The van der Waals surface area contributed by atoms with Gasteiger partial charge in [0, 0.05) is 5.69 Å². The third-order valence-corrected chi connectivity index (χ3v) is 4.81. The van der Waals surface area contributed by atoms with Gasteiger partial charge in [0.1, 0.15) is 12.1 Å². The maximum Gasteiger partial charge on any atom is 0.325 e. The minimum absolute atomic E-state index is 0.381. The first-order valence-corrected chi connectivity index (χ1v) is 8.76. The van der Waals surface area contributed by atoms with Gasteiger partial charge in [0.2, 0.25) is 5.91 Å². The Bertz CT molecular complexity index is 1020. The molecule has 1 aliphatic rings. The van der Waals surface area contributed by atoms with Crippen molar-refractivity contribution in [2.24, 2.45) is 0 Å². The van der Waals surface area contributed by atoms with Gasteiger partial charge < -0.3 is 10.6 Å². The second kappa shape index (κ2) is 7.16. The SMILES string of the molecule is Cc1ccc(C)c(NC(=O)CN2C(=O)NC(C)(c3cccc(C#N)c3)C2=O)c1. The molecule has 4 amide bonds. The van der Waals surface area contributed by atoms with Crippen molar-refractivity contribution >= 4 is 23.5 Å². The number of rotatable bonds is 4. The second-order valence-corrected chi connectivity index (χ2v) is 7.01. The van der Waals surface area contributed by atoms with Crippen molar-refractivity contribution in [3.8, 4) is 6.07 Å². The Kier molecular flexibility index (Phi) is 4.89. The van der Waals surface area contributed by atoms with E-state index in [9.17, 15) is 14.4 Å². The third kappa shape index (κ3) is 3.45. The summed E-state index contributed by atoms with van der Waals surface area (Å²) in [5.74, 6) is -1.00. The normalized spacial score (nSPS) is 18.6. The van der Waals surface area contributed by atoms with Gasteiger partial charge in [-0.1, -0.05) is 24.3 Å². The number of anilines is 1. The molecular formula is C21H20N4O3. The Hall–Kier alpha value is -3.66. The highest BCUT2D eigenvalue weighted by molar-refractivity contribution is 6.10. The summed E-state index contributed by atoms with van der Waals surface area (Å²) >= 11 is 0. The molecule has 3 rings (SSSR count). The van der Waals surface area contributed by atoms with E-state index in [1.54, 1.807) is 31.2 Å². The topological polar surface area (TPSA) is 102 Å². The van der Waals surface area contributed by atoms with Crippen LogP contribution in [0.5, 0.6) is 0 Å². The number of nitrogens with zero attached hydrogens (tertiary/aromatic N) is 2. The molecule has 1 unspecified atom stereocenters. The maximum atomic E-state index is 12.9. The van der Waals surface area contributed by atoms with Crippen molar-refractivity contribution < 1.29 is 14.4 Å². The molecule has 0 radical (unpaired) electrons. The molecule has 7 heteroatoms. The zero-order valence-electron chi connectivity index (χ0n) is 15.9. The van der Waals surface area contributed by atoms with E-state index in [2.05, 4.69) is 10.6 Å². The molecule has 28 heavy (non-hydrogen) atoms. The summed E-state index contributed by atoms with van der Waals surface area (Å²) in [5, 5.41) is 14.5. The van der Waals surface area contributed by atoms with Crippen molar-refractivity contribution in [1.29, 1.82) is 5.26 Å². The molecule has 0 spiro atoms. The van der Waals surface area contributed by atoms with E-state index < -0.39 is 29.9 Å². The molecule has 1 fully saturated rings. The molecule has 0 bridgehead atoms. The molecule has 2 aromatic carbocycles. The van der Waals surface area contributed by atoms with Gasteiger partial charge in [-0.3, -0.25) is 14.5 Å². The van der Waals surface area contributed by atoms with Gasteiger partial charge in [-0.2, -0.15) is 5.26 Å². The van der Waals surface area contributed by atoms with Gasteiger partial charge in [-0.05, 0) is 55.7 Å².